The van der Waals surface area contributed by atoms with Crippen LogP contribution in [0.5, 0.6) is 5.75 Å². The largest absolute Gasteiger partial charge is 0.493 e. The van der Waals surface area contributed by atoms with E-state index in [0.29, 0.717) is 5.02 Å². The van der Waals surface area contributed by atoms with Crippen molar-refractivity contribution in [2.75, 3.05) is 14.2 Å². The molecule has 0 aliphatic heterocycles. The normalized spacial score (nSPS) is 12.4. The van der Waals surface area contributed by atoms with Crippen LogP contribution in [0.25, 0.3) is 0 Å². The summed E-state index contributed by atoms with van der Waals surface area (Å²) in [6.07, 6.45) is 1.73. The van der Waals surface area contributed by atoms with Crippen LogP contribution in [-0.2, 0) is 6.54 Å². The SMILES string of the molecule is CCn1ncc(OC)c1C(NC)c1cccc(Br)c1Cl. The number of methoxy groups -OCH3 is 1. The van der Waals surface area contributed by atoms with Crippen molar-refractivity contribution < 1.29 is 4.74 Å². The molecule has 0 spiro atoms. The third-order valence-electron chi connectivity index (χ3n) is 3.22. The van der Waals surface area contributed by atoms with E-state index in [-0.39, 0.29) is 6.04 Å². The Kier molecular flexibility index (Phi) is 5.07. The van der Waals surface area contributed by atoms with E-state index in [9.17, 15) is 0 Å². The summed E-state index contributed by atoms with van der Waals surface area (Å²) in [6, 6.07) is 5.81. The fourth-order valence-electron chi connectivity index (χ4n) is 2.26. The van der Waals surface area contributed by atoms with E-state index < -0.39 is 0 Å². The van der Waals surface area contributed by atoms with Crippen LogP contribution in [0.15, 0.2) is 28.9 Å². The smallest absolute Gasteiger partial charge is 0.161 e. The van der Waals surface area contributed by atoms with E-state index >= 15 is 0 Å². The molecule has 20 heavy (non-hydrogen) atoms. The van der Waals surface area contributed by atoms with E-state index in [1.54, 1.807) is 13.3 Å². The Morgan fingerprint density at radius 3 is 2.85 bits per heavy atom. The van der Waals surface area contributed by atoms with Gasteiger partial charge in [-0.1, -0.05) is 23.7 Å². The monoisotopic (exact) mass is 357 g/mol. The molecule has 2 aromatic rings. The molecule has 0 aliphatic carbocycles. The first-order valence-corrected chi connectivity index (χ1v) is 7.52. The second-order valence-electron chi connectivity index (χ2n) is 4.28. The molecule has 1 N–H and O–H groups in total. The molecule has 0 bridgehead atoms. The Morgan fingerprint density at radius 1 is 1.50 bits per heavy atom. The molecule has 1 heterocycles. The zero-order valence-corrected chi connectivity index (χ0v) is 14.0. The molecule has 1 aromatic carbocycles. The van der Waals surface area contributed by atoms with Gasteiger partial charge in [-0.15, -0.1) is 0 Å². The van der Waals surface area contributed by atoms with Gasteiger partial charge >= 0.3 is 0 Å². The van der Waals surface area contributed by atoms with Crippen LogP contribution in [-0.4, -0.2) is 23.9 Å². The summed E-state index contributed by atoms with van der Waals surface area (Å²) < 4.78 is 8.21. The molecule has 0 saturated carbocycles. The molecular weight excluding hydrogens is 342 g/mol. The van der Waals surface area contributed by atoms with Gasteiger partial charge in [0.1, 0.15) is 5.69 Å². The Hall–Kier alpha value is -1.04. The highest BCUT2D eigenvalue weighted by molar-refractivity contribution is 9.10. The quantitative estimate of drug-likeness (QED) is 0.887. The van der Waals surface area contributed by atoms with E-state index in [1.807, 2.05) is 36.9 Å². The molecule has 6 heteroatoms. The van der Waals surface area contributed by atoms with Crippen LogP contribution >= 0.6 is 27.5 Å². The Labute approximate surface area is 132 Å². The maximum Gasteiger partial charge on any atom is 0.161 e. The van der Waals surface area contributed by atoms with Gasteiger partial charge in [-0.3, -0.25) is 4.68 Å². The fraction of sp³-hybridized carbons (Fsp3) is 0.357. The maximum atomic E-state index is 6.42. The third kappa shape index (κ3) is 2.71. The van der Waals surface area contributed by atoms with Crippen molar-refractivity contribution in [2.45, 2.75) is 19.5 Å². The van der Waals surface area contributed by atoms with Crippen LogP contribution < -0.4 is 10.1 Å². The van der Waals surface area contributed by atoms with Crippen molar-refractivity contribution in [1.82, 2.24) is 15.1 Å². The zero-order valence-electron chi connectivity index (χ0n) is 11.7. The first-order chi connectivity index (χ1) is 9.63. The predicted molar refractivity (Wildman–Crippen MR) is 84.5 cm³/mol. The second-order valence-corrected chi connectivity index (χ2v) is 5.51. The molecule has 0 saturated heterocycles. The van der Waals surface area contributed by atoms with Crippen LogP contribution in [0.1, 0.15) is 24.2 Å². The molecule has 1 atom stereocenters. The van der Waals surface area contributed by atoms with E-state index in [1.165, 1.54) is 0 Å². The van der Waals surface area contributed by atoms with Gasteiger partial charge in [0.15, 0.2) is 5.75 Å². The first-order valence-electron chi connectivity index (χ1n) is 6.34. The molecule has 0 fully saturated rings. The molecule has 4 nitrogen and oxygen atoms in total. The molecular formula is C14H17BrClN3O. The van der Waals surface area contributed by atoms with Crippen LogP contribution in [0, 0.1) is 0 Å². The molecule has 2 rings (SSSR count). The summed E-state index contributed by atoms with van der Waals surface area (Å²) in [6.45, 7) is 2.81. The number of aromatic nitrogens is 2. The highest BCUT2D eigenvalue weighted by Crippen LogP contribution is 2.36. The Balaban J connectivity index is 2.58. The van der Waals surface area contributed by atoms with Crippen molar-refractivity contribution in [3.63, 3.8) is 0 Å². The summed E-state index contributed by atoms with van der Waals surface area (Å²) in [5, 5.41) is 8.33. The van der Waals surface area contributed by atoms with Crippen molar-refractivity contribution in [1.29, 1.82) is 0 Å². The van der Waals surface area contributed by atoms with Gasteiger partial charge in [0.2, 0.25) is 0 Å². The van der Waals surface area contributed by atoms with Gasteiger partial charge in [-0.05, 0) is 41.5 Å². The number of hydrogen-bond donors (Lipinski definition) is 1. The molecule has 0 radical (unpaired) electrons. The van der Waals surface area contributed by atoms with E-state index in [0.717, 1.165) is 28.0 Å². The summed E-state index contributed by atoms with van der Waals surface area (Å²) in [7, 11) is 3.55. The minimum Gasteiger partial charge on any atom is -0.493 e. The van der Waals surface area contributed by atoms with Gasteiger partial charge in [0.05, 0.1) is 24.4 Å². The number of aryl methyl sites for hydroxylation is 1. The van der Waals surface area contributed by atoms with Gasteiger partial charge in [-0.25, -0.2) is 0 Å². The lowest BCUT2D eigenvalue weighted by Crippen LogP contribution is -2.22. The number of nitrogens with one attached hydrogen (secondary N) is 1. The highest BCUT2D eigenvalue weighted by atomic mass is 79.9. The third-order valence-corrected chi connectivity index (χ3v) is 4.53. The number of nitrogens with zero attached hydrogens (tertiary/aromatic N) is 2. The van der Waals surface area contributed by atoms with Crippen molar-refractivity contribution in [3.05, 3.63) is 45.1 Å². The van der Waals surface area contributed by atoms with Gasteiger partial charge in [0.25, 0.3) is 0 Å². The molecule has 0 amide bonds. The standard InChI is InChI=1S/C14H17BrClN3O/c1-4-19-14(11(20-3)8-18-19)13(17-2)9-6-5-7-10(15)12(9)16/h5-8,13,17H,4H2,1-3H3. The lowest BCUT2D eigenvalue weighted by atomic mass is 10.0. The van der Waals surface area contributed by atoms with Gasteiger partial charge in [-0.2, -0.15) is 5.10 Å². The van der Waals surface area contributed by atoms with Crippen LogP contribution in [0.4, 0.5) is 0 Å². The Bertz CT molecular complexity index is 579. The van der Waals surface area contributed by atoms with Crippen molar-refractivity contribution >= 4 is 27.5 Å². The molecule has 1 unspecified atom stereocenters. The fourth-order valence-corrected chi connectivity index (χ4v) is 2.88. The lowest BCUT2D eigenvalue weighted by Gasteiger charge is -2.21. The van der Waals surface area contributed by atoms with E-state index in [4.69, 9.17) is 16.3 Å². The summed E-state index contributed by atoms with van der Waals surface area (Å²) in [5.41, 5.74) is 1.95. The molecule has 108 valence electrons. The van der Waals surface area contributed by atoms with E-state index in [2.05, 4.69) is 26.3 Å². The van der Waals surface area contributed by atoms with Gasteiger partial charge in [0, 0.05) is 11.0 Å². The summed E-state index contributed by atoms with van der Waals surface area (Å²) >= 11 is 9.88. The lowest BCUT2D eigenvalue weighted by molar-refractivity contribution is 0.401. The van der Waals surface area contributed by atoms with Crippen molar-refractivity contribution in [3.8, 4) is 5.75 Å². The number of ether oxygens (including phenoxy) is 1. The summed E-state index contributed by atoms with van der Waals surface area (Å²) in [5.74, 6) is 0.752. The zero-order chi connectivity index (χ0) is 14.7. The van der Waals surface area contributed by atoms with Crippen LogP contribution in [0.2, 0.25) is 5.02 Å². The topological polar surface area (TPSA) is 39.1 Å². The first kappa shape index (κ1) is 15.4. The number of halogens is 2. The average Bonchev–Trinajstić information content (AvgIpc) is 2.87. The minimum atomic E-state index is -0.0857. The highest BCUT2D eigenvalue weighted by Gasteiger charge is 2.24. The molecule has 1 aromatic heterocycles. The second kappa shape index (κ2) is 6.61. The summed E-state index contributed by atoms with van der Waals surface area (Å²) in [4.78, 5) is 0. The number of benzene rings is 1. The predicted octanol–water partition coefficient (Wildman–Crippen LogP) is 3.64. The van der Waals surface area contributed by atoms with Gasteiger partial charge < -0.3 is 10.1 Å². The molecule has 0 aliphatic rings. The van der Waals surface area contributed by atoms with Crippen molar-refractivity contribution in [2.24, 2.45) is 0 Å². The Morgan fingerprint density at radius 2 is 2.25 bits per heavy atom. The number of rotatable bonds is 5. The van der Waals surface area contributed by atoms with Crippen LogP contribution in [0.3, 0.4) is 0 Å². The minimum absolute atomic E-state index is 0.0857. The average molecular weight is 359 g/mol. The number of hydrogen-bond acceptors (Lipinski definition) is 3. The maximum absolute atomic E-state index is 6.42.